The highest BCUT2D eigenvalue weighted by Crippen LogP contribution is 2.22. The molecule has 1 heterocycles. The second kappa shape index (κ2) is 6.07. The van der Waals surface area contributed by atoms with Gasteiger partial charge in [0.05, 0.1) is 10.6 Å². The molecule has 1 aromatic rings. The first kappa shape index (κ1) is 15.2. The molecule has 1 aliphatic heterocycles. The van der Waals surface area contributed by atoms with E-state index in [0.717, 1.165) is 25.0 Å². The number of ether oxygens (including phenoxy) is 1. The summed E-state index contributed by atoms with van der Waals surface area (Å²) in [5.41, 5.74) is 5.27. The lowest BCUT2D eigenvalue weighted by Gasteiger charge is -2.26. The fraction of sp³-hybridized carbons (Fsp3) is 0.538. The van der Waals surface area contributed by atoms with Gasteiger partial charge in [-0.05, 0) is 37.0 Å². The van der Waals surface area contributed by atoms with E-state index < -0.39 is 15.8 Å². The van der Waals surface area contributed by atoms with Crippen LogP contribution in [0.1, 0.15) is 12.8 Å². The van der Waals surface area contributed by atoms with Crippen molar-refractivity contribution in [2.24, 2.45) is 5.92 Å². The van der Waals surface area contributed by atoms with Crippen LogP contribution >= 0.6 is 0 Å². The summed E-state index contributed by atoms with van der Waals surface area (Å²) in [7, 11) is -2.10. The van der Waals surface area contributed by atoms with Gasteiger partial charge in [0.1, 0.15) is 5.82 Å². The van der Waals surface area contributed by atoms with E-state index in [1.54, 1.807) is 0 Å². The van der Waals surface area contributed by atoms with Gasteiger partial charge < -0.3 is 10.5 Å². The Bertz CT molecular complexity index is 571. The zero-order chi connectivity index (χ0) is 14.8. The first-order chi connectivity index (χ1) is 9.41. The third kappa shape index (κ3) is 3.28. The number of benzene rings is 1. The second-order valence-electron chi connectivity index (χ2n) is 5.02. The first-order valence-corrected chi connectivity index (χ1v) is 7.94. The average molecular weight is 302 g/mol. The number of nitrogens with zero attached hydrogens (tertiary/aromatic N) is 1. The molecule has 0 radical (unpaired) electrons. The number of hydrogen-bond donors (Lipinski definition) is 1. The van der Waals surface area contributed by atoms with Gasteiger partial charge >= 0.3 is 0 Å². The first-order valence-electron chi connectivity index (χ1n) is 6.50. The van der Waals surface area contributed by atoms with E-state index in [1.165, 1.54) is 17.4 Å². The molecule has 0 saturated carbocycles. The molecule has 1 aliphatic rings. The van der Waals surface area contributed by atoms with Crippen molar-refractivity contribution in [2.75, 3.05) is 32.5 Å². The van der Waals surface area contributed by atoms with Crippen molar-refractivity contribution >= 4 is 15.7 Å². The zero-order valence-electron chi connectivity index (χ0n) is 11.4. The van der Waals surface area contributed by atoms with Crippen molar-refractivity contribution in [3.05, 3.63) is 24.0 Å². The van der Waals surface area contributed by atoms with Crippen molar-refractivity contribution in [3.8, 4) is 0 Å². The molecule has 1 saturated heterocycles. The topological polar surface area (TPSA) is 72.6 Å². The normalized spacial score (nSPS) is 17.6. The van der Waals surface area contributed by atoms with Gasteiger partial charge in [0.15, 0.2) is 0 Å². The minimum absolute atomic E-state index is 0.0194. The summed E-state index contributed by atoms with van der Waals surface area (Å²) in [6, 6.07) is 3.47. The van der Waals surface area contributed by atoms with Gasteiger partial charge in [0.2, 0.25) is 10.0 Å². The molecule has 0 aromatic heterocycles. The highest BCUT2D eigenvalue weighted by molar-refractivity contribution is 7.89. The predicted octanol–water partition coefficient (Wildman–Crippen LogP) is 1.45. The van der Waals surface area contributed by atoms with Gasteiger partial charge in [0, 0.05) is 26.8 Å². The van der Waals surface area contributed by atoms with Crippen LogP contribution in [-0.2, 0) is 14.8 Å². The van der Waals surface area contributed by atoms with Crippen molar-refractivity contribution in [3.63, 3.8) is 0 Å². The van der Waals surface area contributed by atoms with Crippen LogP contribution in [0.25, 0.3) is 0 Å². The van der Waals surface area contributed by atoms with Crippen LogP contribution in [0.2, 0.25) is 0 Å². The minimum Gasteiger partial charge on any atom is -0.396 e. The monoisotopic (exact) mass is 302 g/mol. The molecule has 0 aliphatic carbocycles. The van der Waals surface area contributed by atoms with E-state index >= 15 is 0 Å². The van der Waals surface area contributed by atoms with E-state index in [0.29, 0.717) is 25.7 Å². The molecular formula is C13H19FN2O3S. The Balaban J connectivity index is 2.13. The van der Waals surface area contributed by atoms with Crippen LogP contribution in [0.15, 0.2) is 23.1 Å². The SMILES string of the molecule is CN(CC1CCOCC1)S(=O)(=O)c1ccc(F)c(N)c1. The second-order valence-corrected chi connectivity index (χ2v) is 7.07. The molecule has 0 amide bonds. The molecule has 7 heteroatoms. The Kier molecular flexibility index (Phi) is 4.62. The molecule has 1 fully saturated rings. The van der Waals surface area contributed by atoms with E-state index in [9.17, 15) is 12.8 Å². The molecule has 1 aromatic carbocycles. The maximum absolute atomic E-state index is 13.1. The van der Waals surface area contributed by atoms with Gasteiger partial charge in [-0.3, -0.25) is 0 Å². The smallest absolute Gasteiger partial charge is 0.242 e. The zero-order valence-corrected chi connectivity index (χ0v) is 12.2. The van der Waals surface area contributed by atoms with Crippen LogP contribution in [0.3, 0.4) is 0 Å². The van der Waals surface area contributed by atoms with Crippen molar-refractivity contribution in [1.29, 1.82) is 0 Å². The Morgan fingerprint density at radius 1 is 1.40 bits per heavy atom. The summed E-state index contributed by atoms with van der Waals surface area (Å²) in [5, 5.41) is 0. The lowest BCUT2D eigenvalue weighted by atomic mass is 10.0. The summed E-state index contributed by atoms with van der Waals surface area (Å²) in [5.74, 6) is -0.322. The van der Waals surface area contributed by atoms with E-state index in [2.05, 4.69) is 0 Å². The lowest BCUT2D eigenvalue weighted by Crippen LogP contribution is -2.34. The number of nitrogens with two attached hydrogens (primary N) is 1. The molecular weight excluding hydrogens is 283 g/mol. The van der Waals surface area contributed by atoms with E-state index in [4.69, 9.17) is 10.5 Å². The summed E-state index contributed by atoms with van der Waals surface area (Å²) in [4.78, 5) is 0.0194. The quantitative estimate of drug-likeness (QED) is 0.855. The lowest BCUT2D eigenvalue weighted by molar-refractivity contribution is 0.0620. The highest BCUT2D eigenvalue weighted by atomic mass is 32.2. The Morgan fingerprint density at radius 3 is 2.65 bits per heavy atom. The Morgan fingerprint density at radius 2 is 2.05 bits per heavy atom. The molecule has 0 atom stereocenters. The summed E-state index contributed by atoms with van der Waals surface area (Å²) < 4.78 is 44.4. The van der Waals surface area contributed by atoms with Crippen molar-refractivity contribution in [2.45, 2.75) is 17.7 Å². The van der Waals surface area contributed by atoms with Gasteiger partial charge in [-0.15, -0.1) is 0 Å². The largest absolute Gasteiger partial charge is 0.396 e. The molecule has 112 valence electrons. The van der Waals surface area contributed by atoms with Gasteiger partial charge in [0.25, 0.3) is 0 Å². The van der Waals surface area contributed by atoms with Crippen LogP contribution in [0.4, 0.5) is 10.1 Å². The fourth-order valence-electron chi connectivity index (χ4n) is 2.25. The van der Waals surface area contributed by atoms with Crippen LogP contribution < -0.4 is 5.73 Å². The summed E-state index contributed by atoms with van der Waals surface area (Å²) in [6.45, 7) is 1.77. The van der Waals surface area contributed by atoms with Crippen molar-refractivity contribution < 1.29 is 17.5 Å². The molecule has 0 spiro atoms. The molecule has 5 nitrogen and oxygen atoms in total. The minimum atomic E-state index is -3.63. The van der Waals surface area contributed by atoms with Crippen LogP contribution in [-0.4, -0.2) is 39.5 Å². The maximum atomic E-state index is 13.1. The molecule has 0 bridgehead atoms. The number of sulfonamides is 1. The molecule has 20 heavy (non-hydrogen) atoms. The van der Waals surface area contributed by atoms with Crippen molar-refractivity contribution in [1.82, 2.24) is 4.31 Å². The average Bonchev–Trinajstić information content (AvgIpc) is 2.42. The number of halogens is 1. The number of anilines is 1. The van der Waals surface area contributed by atoms with Gasteiger partial charge in [-0.25, -0.2) is 17.1 Å². The van der Waals surface area contributed by atoms with Gasteiger partial charge in [-0.2, -0.15) is 0 Å². The standard InChI is InChI=1S/C13H19FN2O3S/c1-16(9-10-4-6-19-7-5-10)20(17,18)11-2-3-12(14)13(15)8-11/h2-3,8,10H,4-7,9,15H2,1H3. The number of nitrogen functional groups attached to an aromatic ring is 1. The van der Waals surface area contributed by atoms with E-state index in [-0.39, 0.29) is 10.6 Å². The molecule has 2 rings (SSSR count). The predicted molar refractivity (Wildman–Crippen MR) is 74.2 cm³/mol. The highest BCUT2D eigenvalue weighted by Gasteiger charge is 2.25. The Labute approximate surface area is 118 Å². The third-order valence-corrected chi connectivity index (χ3v) is 5.35. The number of rotatable bonds is 4. The molecule has 0 unspecified atom stereocenters. The summed E-state index contributed by atoms with van der Waals surface area (Å²) >= 11 is 0. The summed E-state index contributed by atoms with van der Waals surface area (Å²) in [6.07, 6.45) is 1.71. The van der Waals surface area contributed by atoms with E-state index in [1.807, 2.05) is 0 Å². The maximum Gasteiger partial charge on any atom is 0.242 e. The fourth-order valence-corrected chi connectivity index (χ4v) is 3.54. The number of hydrogen-bond acceptors (Lipinski definition) is 4. The Hall–Kier alpha value is -1.18. The van der Waals surface area contributed by atoms with Crippen LogP contribution in [0.5, 0.6) is 0 Å². The van der Waals surface area contributed by atoms with Gasteiger partial charge in [-0.1, -0.05) is 0 Å². The third-order valence-electron chi connectivity index (χ3n) is 3.53. The molecule has 2 N–H and O–H groups in total. The van der Waals surface area contributed by atoms with Crippen LogP contribution in [0, 0.1) is 11.7 Å².